The van der Waals surface area contributed by atoms with Crippen molar-refractivity contribution in [3.8, 4) is 0 Å². The maximum atomic E-state index is 12.6. The van der Waals surface area contributed by atoms with Crippen molar-refractivity contribution in [2.45, 2.75) is 51.2 Å². The highest BCUT2D eigenvalue weighted by Crippen LogP contribution is 2.39. The smallest absolute Gasteiger partial charge is 0.237 e. The first-order valence-corrected chi connectivity index (χ1v) is 8.27. The SMILES string of the molecule is CC(C(=O)NC(C)(CO)C1CC1)N1CCc2ccccc2C1. The van der Waals surface area contributed by atoms with E-state index in [-0.39, 0.29) is 18.6 Å². The average Bonchev–Trinajstić information content (AvgIpc) is 3.38. The first kappa shape index (κ1) is 15.5. The molecule has 0 bridgehead atoms. The molecule has 1 amide bonds. The van der Waals surface area contributed by atoms with E-state index in [4.69, 9.17) is 0 Å². The van der Waals surface area contributed by atoms with Gasteiger partial charge in [-0.1, -0.05) is 24.3 Å². The topological polar surface area (TPSA) is 52.6 Å². The van der Waals surface area contributed by atoms with Crippen molar-refractivity contribution in [3.63, 3.8) is 0 Å². The van der Waals surface area contributed by atoms with Gasteiger partial charge >= 0.3 is 0 Å². The van der Waals surface area contributed by atoms with E-state index in [2.05, 4.69) is 34.5 Å². The van der Waals surface area contributed by atoms with Crippen molar-refractivity contribution in [1.29, 1.82) is 0 Å². The summed E-state index contributed by atoms with van der Waals surface area (Å²) in [7, 11) is 0. The van der Waals surface area contributed by atoms with Gasteiger partial charge in [0.2, 0.25) is 5.91 Å². The number of aliphatic hydroxyl groups excluding tert-OH is 1. The van der Waals surface area contributed by atoms with E-state index in [9.17, 15) is 9.90 Å². The second kappa shape index (κ2) is 6.01. The van der Waals surface area contributed by atoms with E-state index in [0.717, 1.165) is 32.4 Å². The Morgan fingerprint density at radius 2 is 2.09 bits per heavy atom. The lowest BCUT2D eigenvalue weighted by Crippen LogP contribution is -2.56. The van der Waals surface area contributed by atoms with Crippen molar-refractivity contribution in [3.05, 3.63) is 35.4 Å². The van der Waals surface area contributed by atoms with E-state index in [1.165, 1.54) is 11.1 Å². The number of nitrogens with zero attached hydrogens (tertiary/aromatic N) is 1. The lowest BCUT2D eigenvalue weighted by molar-refractivity contribution is -0.129. The summed E-state index contributed by atoms with van der Waals surface area (Å²) in [6, 6.07) is 8.29. The molecule has 22 heavy (non-hydrogen) atoms. The third-order valence-electron chi connectivity index (χ3n) is 5.30. The van der Waals surface area contributed by atoms with Crippen LogP contribution in [0.2, 0.25) is 0 Å². The molecule has 2 atom stereocenters. The van der Waals surface area contributed by atoms with Gasteiger partial charge in [0.05, 0.1) is 18.2 Å². The van der Waals surface area contributed by atoms with Gasteiger partial charge in [0.25, 0.3) is 0 Å². The van der Waals surface area contributed by atoms with Gasteiger partial charge in [-0.15, -0.1) is 0 Å². The van der Waals surface area contributed by atoms with Gasteiger partial charge < -0.3 is 10.4 Å². The summed E-state index contributed by atoms with van der Waals surface area (Å²) in [5.41, 5.74) is 2.25. The zero-order chi connectivity index (χ0) is 15.7. The monoisotopic (exact) mass is 302 g/mol. The molecule has 4 heteroatoms. The van der Waals surface area contributed by atoms with Crippen LogP contribution >= 0.6 is 0 Å². The van der Waals surface area contributed by atoms with Crippen LogP contribution in [0.25, 0.3) is 0 Å². The standard InChI is InChI=1S/C18H26N2O2/c1-13(17(22)19-18(2,12-21)16-7-8-16)20-10-9-14-5-3-4-6-15(14)11-20/h3-6,13,16,21H,7-12H2,1-2H3,(H,19,22). The van der Waals surface area contributed by atoms with E-state index in [1.807, 2.05) is 13.8 Å². The van der Waals surface area contributed by atoms with Crippen LogP contribution < -0.4 is 5.32 Å². The van der Waals surface area contributed by atoms with Crippen LogP contribution in [0.3, 0.4) is 0 Å². The van der Waals surface area contributed by atoms with Crippen LogP contribution in [0.15, 0.2) is 24.3 Å². The quantitative estimate of drug-likeness (QED) is 0.870. The molecule has 0 radical (unpaired) electrons. The Morgan fingerprint density at radius 3 is 2.73 bits per heavy atom. The highest BCUT2D eigenvalue weighted by atomic mass is 16.3. The fourth-order valence-electron chi connectivity index (χ4n) is 3.39. The van der Waals surface area contributed by atoms with Crippen LogP contribution in [-0.4, -0.2) is 40.6 Å². The fourth-order valence-corrected chi connectivity index (χ4v) is 3.39. The Morgan fingerprint density at radius 1 is 1.41 bits per heavy atom. The summed E-state index contributed by atoms with van der Waals surface area (Å²) < 4.78 is 0. The minimum absolute atomic E-state index is 0.0129. The Kier molecular flexibility index (Phi) is 4.24. The number of nitrogens with one attached hydrogen (secondary N) is 1. The summed E-state index contributed by atoms with van der Waals surface area (Å²) in [6.45, 7) is 5.67. The molecular weight excluding hydrogens is 276 g/mol. The summed E-state index contributed by atoms with van der Waals surface area (Å²) >= 11 is 0. The summed E-state index contributed by atoms with van der Waals surface area (Å²) in [4.78, 5) is 14.8. The number of fused-ring (bicyclic) bond motifs is 1. The summed E-state index contributed by atoms with van der Waals surface area (Å²) in [5.74, 6) is 0.457. The van der Waals surface area contributed by atoms with Crippen LogP contribution in [-0.2, 0) is 17.8 Å². The molecule has 1 aromatic rings. The van der Waals surface area contributed by atoms with Crippen LogP contribution in [0.1, 0.15) is 37.8 Å². The molecule has 1 aliphatic carbocycles. The highest BCUT2D eigenvalue weighted by Gasteiger charge is 2.43. The van der Waals surface area contributed by atoms with E-state index in [1.54, 1.807) is 0 Å². The number of carbonyl (C=O) groups excluding carboxylic acids is 1. The van der Waals surface area contributed by atoms with Gasteiger partial charge in [0.15, 0.2) is 0 Å². The number of benzene rings is 1. The normalized spacial score (nSPS) is 22.5. The first-order chi connectivity index (χ1) is 10.5. The molecule has 2 N–H and O–H groups in total. The third kappa shape index (κ3) is 3.03. The molecular formula is C18H26N2O2. The summed E-state index contributed by atoms with van der Waals surface area (Å²) in [6.07, 6.45) is 3.19. The molecule has 120 valence electrons. The van der Waals surface area contributed by atoms with E-state index in [0.29, 0.717) is 5.92 Å². The Bertz CT molecular complexity index is 556. The second-order valence-electron chi connectivity index (χ2n) is 7.00. The molecule has 2 unspecified atom stereocenters. The number of hydrogen-bond donors (Lipinski definition) is 2. The summed E-state index contributed by atoms with van der Waals surface area (Å²) in [5, 5.41) is 12.7. The second-order valence-corrected chi connectivity index (χ2v) is 7.00. The predicted molar refractivity (Wildman–Crippen MR) is 86.4 cm³/mol. The van der Waals surface area contributed by atoms with Gasteiger partial charge in [-0.05, 0) is 50.2 Å². The highest BCUT2D eigenvalue weighted by molar-refractivity contribution is 5.82. The molecule has 0 spiro atoms. The molecule has 0 saturated heterocycles. The van der Waals surface area contributed by atoms with Crippen LogP contribution in [0.5, 0.6) is 0 Å². The molecule has 1 saturated carbocycles. The molecule has 2 aliphatic rings. The third-order valence-corrected chi connectivity index (χ3v) is 5.30. The minimum atomic E-state index is -0.459. The van der Waals surface area contributed by atoms with Crippen LogP contribution in [0.4, 0.5) is 0 Å². The predicted octanol–water partition coefficient (Wildman–Crippen LogP) is 1.71. The maximum Gasteiger partial charge on any atom is 0.237 e. The lowest BCUT2D eigenvalue weighted by atomic mass is 9.95. The largest absolute Gasteiger partial charge is 0.394 e. The Balaban J connectivity index is 1.64. The van der Waals surface area contributed by atoms with Gasteiger partial charge in [-0.3, -0.25) is 9.69 Å². The molecule has 1 heterocycles. The first-order valence-electron chi connectivity index (χ1n) is 8.27. The van der Waals surface area contributed by atoms with Crippen molar-refractivity contribution in [2.75, 3.05) is 13.2 Å². The van der Waals surface area contributed by atoms with Crippen molar-refractivity contribution in [1.82, 2.24) is 10.2 Å². The Hall–Kier alpha value is -1.39. The van der Waals surface area contributed by atoms with Gasteiger partial charge in [0.1, 0.15) is 0 Å². The van der Waals surface area contributed by atoms with Gasteiger partial charge in [0, 0.05) is 13.1 Å². The van der Waals surface area contributed by atoms with Crippen LogP contribution in [0, 0.1) is 5.92 Å². The van der Waals surface area contributed by atoms with Crippen molar-refractivity contribution in [2.24, 2.45) is 5.92 Å². The van der Waals surface area contributed by atoms with Gasteiger partial charge in [-0.25, -0.2) is 0 Å². The van der Waals surface area contributed by atoms with Crippen molar-refractivity contribution >= 4 is 5.91 Å². The Labute approximate surface area is 132 Å². The number of aliphatic hydroxyl groups is 1. The zero-order valence-corrected chi connectivity index (χ0v) is 13.5. The maximum absolute atomic E-state index is 12.6. The number of rotatable bonds is 5. The van der Waals surface area contributed by atoms with E-state index >= 15 is 0 Å². The molecule has 3 rings (SSSR count). The minimum Gasteiger partial charge on any atom is -0.394 e. The molecule has 1 aliphatic heterocycles. The molecule has 0 aromatic heterocycles. The molecule has 1 aromatic carbocycles. The fraction of sp³-hybridized carbons (Fsp3) is 0.611. The van der Waals surface area contributed by atoms with E-state index < -0.39 is 5.54 Å². The number of amides is 1. The zero-order valence-electron chi connectivity index (χ0n) is 13.5. The average molecular weight is 302 g/mol. The van der Waals surface area contributed by atoms with Crippen molar-refractivity contribution < 1.29 is 9.90 Å². The molecule has 1 fully saturated rings. The molecule has 4 nitrogen and oxygen atoms in total. The number of carbonyl (C=O) groups is 1. The number of hydrogen-bond acceptors (Lipinski definition) is 3. The lowest BCUT2D eigenvalue weighted by Gasteiger charge is -2.36. The van der Waals surface area contributed by atoms with Gasteiger partial charge in [-0.2, -0.15) is 0 Å².